The van der Waals surface area contributed by atoms with Gasteiger partial charge in [-0.1, -0.05) is 0 Å². The molecule has 3 aromatic rings. The van der Waals surface area contributed by atoms with Crippen molar-refractivity contribution in [3.63, 3.8) is 0 Å². The van der Waals surface area contributed by atoms with Crippen LogP contribution in [0.15, 0.2) is 30.5 Å². The topological polar surface area (TPSA) is 365 Å². The quantitative estimate of drug-likeness (QED) is 0.143. The molecule has 15 N–H and O–H groups in total. The van der Waals surface area contributed by atoms with E-state index in [0.717, 1.165) is 13.3 Å². The predicted octanol–water partition coefficient (Wildman–Crippen LogP) is -2.54. The maximum atomic E-state index is 14.7. The summed E-state index contributed by atoms with van der Waals surface area (Å²) in [6, 6.07) is 6.06. The third-order valence-electron chi connectivity index (χ3n) is 5.42. The Balaban J connectivity index is -0.000000770. The van der Waals surface area contributed by atoms with Crippen molar-refractivity contribution in [1.29, 1.82) is 0 Å². The van der Waals surface area contributed by atoms with Crippen LogP contribution >= 0.6 is 7.82 Å². The average molecular weight is 737 g/mol. The molecule has 0 bridgehead atoms. The van der Waals surface area contributed by atoms with Crippen molar-refractivity contribution in [2.75, 3.05) is 44.1 Å². The summed E-state index contributed by atoms with van der Waals surface area (Å²) in [7, 11) is 0.665. The molecule has 1 unspecified atom stereocenters. The van der Waals surface area contributed by atoms with Crippen LogP contribution in [0, 0.1) is 5.82 Å². The number of fused-ring (bicyclic) bond motifs is 1. The van der Waals surface area contributed by atoms with E-state index in [4.69, 9.17) is 23.6 Å². The molecule has 25 heteroatoms. The van der Waals surface area contributed by atoms with Crippen LogP contribution in [0.4, 0.5) is 33.5 Å². The summed E-state index contributed by atoms with van der Waals surface area (Å²) in [6.45, 7) is 2.88. The summed E-state index contributed by atoms with van der Waals surface area (Å²) < 4.78 is 57.8. The van der Waals surface area contributed by atoms with Crippen LogP contribution in [0.25, 0.3) is 0 Å². The number of methoxy groups -OCH3 is 3. The molecule has 266 valence electrons. The van der Waals surface area contributed by atoms with Crippen molar-refractivity contribution in [2.24, 2.45) is 0 Å². The van der Waals surface area contributed by atoms with E-state index in [2.05, 4.69) is 30.1 Å². The monoisotopic (exact) mass is 736 g/mol. The molecule has 1 amide bonds. The summed E-state index contributed by atoms with van der Waals surface area (Å²) in [5.41, 5.74) is -1.000. The van der Waals surface area contributed by atoms with E-state index in [-0.39, 0.29) is 121 Å². The Kier molecular flexibility index (Phi) is 25.5. The molecule has 0 saturated heterocycles. The number of ether oxygens (including phenoxy) is 4. The number of amides is 1. The third kappa shape index (κ3) is 12.1. The number of halogens is 1. The van der Waals surface area contributed by atoms with Crippen molar-refractivity contribution in [3.8, 4) is 23.0 Å². The number of nitrogens with zero attached hydrogens (tertiary/aromatic N) is 4. The van der Waals surface area contributed by atoms with Crippen LogP contribution in [0.3, 0.4) is 0 Å². The van der Waals surface area contributed by atoms with Gasteiger partial charge in [-0.15, -0.1) is 0 Å². The van der Waals surface area contributed by atoms with E-state index in [1.807, 2.05) is 0 Å². The number of anilines is 5. The van der Waals surface area contributed by atoms with Gasteiger partial charge in [-0.25, -0.2) is 18.9 Å². The number of carbonyl (C=O) groups is 1. The normalized spacial score (nSPS) is 12.8. The van der Waals surface area contributed by atoms with Crippen LogP contribution in [0.5, 0.6) is 23.0 Å². The molecule has 0 fully saturated rings. The molecular weight excluding hydrogens is 696 g/mol. The Hall–Kier alpha value is -2.48. The van der Waals surface area contributed by atoms with E-state index < -0.39 is 25.1 Å². The Morgan fingerprint density at radius 1 is 0.917 bits per heavy atom. The number of rotatable bonds is 10. The SMILES string of the molecule is COc1cc(Nc2ncc(F)c(Nc3ccc4c(n3)N(OP(=O)(O)OC)C(=O)C(C)(C)O4)n2)cc(OC)c1OC.O.O.O.O.O.O.[NaH].[NaH]. The van der Waals surface area contributed by atoms with E-state index >= 15 is 0 Å². The van der Waals surface area contributed by atoms with Gasteiger partial charge in [0, 0.05) is 24.9 Å². The Bertz CT molecular complexity index is 1490. The number of hydrogen-bond donors (Lipinski definition) is 3. The number of nitrogens with one attached hydrogen (secondary N) is 2. The molecular formula is C23H40FN6Na2O15P. The van der Waals surface area contributed by atoms with Gasteiger partial charge in [0.15, 0.2) is 34.5 Å². The first-order chi connectivity index (χ1) is 18.9. The second kappa shape index (κ2) is 22.3. The predicted molar refractivity (Wildman–Crippen MR) is 175 cm³/mol. The zero-order valence-corrected chi connectivity index (χ0v) is 26.1. The molecule has 2 aromatic heterocycles. The Labute approximate surface area is 317 Å². The first-order valence-corrected chi connectivity index (χ1v) is 12.9. The number of hydrogen-bond acceptors (Lipinski definition) is 13. The Morgan fingerprint density at radius 3 is 1.98 bits per heavy atom. The molecule has 1 aromatic carbocycles. The molecule has 48 heavy (non-hydrogen) atoms. The van der Waals surface area contributed by atoms with Crippen LogP contribution < -0.4 is 34.6 Å². The van der Waals surface area contributed by atoms with Gasteiger partial charge < -0.3 is 67.3 Å². The zero-order valence-electron chi connectivity index (χ0n) is 25.2. The number of phosphoric ester groups is 1. The fraction of sp³-hybridized carbons (Fsp3) is 0.304. The van der Waals surface area contributed by atoms with Crippen molar-refractivity contribution in [2.45, 2.75) is 19.4 Å². The second-order valence-corrected chi connectivity index (χ2v) is 9.98. The number of pyridine rings is 1. The standard InChI is InChI=1S/C23H26FN6O9P.2Na.6H2O.2H/c1-23(2)21(31)30(39-40(32,33)37-6)20-14(38-23)7-8-17(28-20)27-19-13(24)11-25-22(29-19)26-12-9-15(34-3)18(36-5)16(10-12)35-4;;;;;;;;;;/h7-11H,1-6H3,(H,32,33)(H2,25,26,27,28,29);;;6*1H2;;. The van der Waals surface area contributed by atoms with Gasteiger partial charge in [-0.2, -0.15) is 14.7 Å². The first-order valence-electron chi connectivity index (χ1n) is 11.4. The number of benzene rings is 1. The minimum atomic E-state index is -4.66. The molecule has 0 radical (unpaired) electrons. The Morgan fingerprint density at radius 2 is 1.48 bits per heavy atom. The molecule has 0 aliphatic carbocycles. The molecule has 0 spiro atoms. The van der Waals surface area contributed by atoms with Gasteiger partial charge in [0.2, 0.25) is 17.5 Å². The van der Waals surface area contributed by atoms with E-state index in [0.29, 0.717) is 28.0 Å². The maximum absolute atomic E-state index is 14.7. The molecule has 4 rings (SSSR count). The number of phosphoric acid groups is 1. The summed E-state index contributed by atoms with van der Waals surface area (Å²) in [4.78, 5) is 35.0. The summed E-state index contributed by atoms with van der Waals surface area (Å²) in [6.07, 6.45) is 0.930. The molecule has 0 saturated carbocycles. The summed E-state index contributed by atoms with van der Waals surface area (Å²) >= 11 is 0. The van der Waals surface area contributed by atoms with Crippen molar-refractivity contribution in [1.82, 2.24) is 15.0 Å². The van der Waals surface area contributed by atoms with Crippen molar-refractivity contribution in [3.05, 3.63) is 36.3 Å². The van der Waals surface area contributed by atoms with E-state index in [9.17, 15) is 18.6 Å². The average Bonchev–Trinajstić information content (AvgIpc) is 2.92. The second-order valence-electron chi connectivity index (χ2n) is 8.52. The van der Waals surface area contributed by atoms with Crippen LogP contribution in [-0.2, 0) is 18.5 Å². The van der Waals surface area contributed by atoms with Gasteiger partial charge in [-0.05, 0) is 26.0 Å². The molecule has 21 nitrogen and oxygen atoms in total. The van der Waals surface area contributed by atoms with Gasteiger partial charge in [0.1, 0.15) is 5.82 Å². The summed E-state index contributed by atoms with van der Waals surface area (Å²) in [5.74, 6) is -1.04. The van der Waals surface area contributed by atoms with Gasteiger partial charge in [0.25, 0.3) is 5.91 Å². The number of hydroxylamine groups is 1. The molecule has 3 heterocycles. The molecule has 1 atom stereocenters. The molecule has 1 aliphatic rings. The number of carbonyl (C=O) groups excluding carboxylic acids is 1. The fourth-order valence-corrected chi connectivity index (χ4v) is 3.95. The van der Waals surface area contributed by atoms with Gasteiger partial charge >= 0.3 is 66.9 Å². The zero-order chi connectivity index (χ0) is 29.2. The minimum absolute atomic E-state index is 0. The van der Waals surface area contributed by atoms with E-state index in [1.165, 1.54) is 47.3 Å². The first kappa shape index (κ1) is 55.0. The van der Waals surface area contributed by atoms with Crippen LogP contribution in [0.2, 0.25) is 0 Å². The van der Waals surface area contributed by atoms with Crippen LogP contribution in [0.1, 0.15) is 13.8 Å². The van der Waals surface area contributed by atoms with Gasteiger partial charge in [0.05, 0.1) is 27.5 Å². The number of aromatic nitrogens is 3. The summed E-state index contributed by atoms with van der Waals surface area (Å²) in [5, 5.41) is 6.12. The van der Waals surface area contributed by atoms with Crippen molar-refractivity contribution < 1.29 is 79.6 Å². The molecule has 1 aliphatic heterocycles. The van der Waals surface area contributed by atoms with Crippen molar-refractivity contribution >= 4 is 102 Å². The van der Waals surface area contributed by atoms with Gasteiger partial charge in [-0.3, -0.25) is 9.32 Å². The van der Waals surface area contributed by atoms with Crippen LogP contribution in [-0.4, -0.2) is 152 Å². The third-order valence-corrected chi connectivity index (χ3v) is 6.25. The fourth-order valence-electron chi connectivity index (χ4n) is 3.52. The van der Waals surface area contributed by atoms with E-state index in [1.54, 1.807) is 12.1 Å².